The number of rotatable bonds is 6. The van der Waals surface area contributed by atoms with Crippen LogP contribution in [0, 0.1) is 11.8 Å². The van der Waals surface area contributed by atoms with Gasteiger partial charge in [-0.05, 0) is 0 Å². The van der Waals surface area contributed by atoms with Gasteiger partial charge in [-0.25, -0.2) is 0 Å². The number of benzene rings is 1. The summed E-state index contributed by atoms with van der Waals surface area (Å²) in [5.41, 5.74) is 6.54. The standard InChI is InChI=1S/C29H21B5N9O2/c1-14(30)21(31)22(32)23(33)24(34)43-26(15(2)38-28(44)20-25(35)40-42-11-5-10-36-27(20)42)39-18-7-4-6-17(19(18)29(43)45)9-8-16-12-37-41(3)13-16/h4-7,10-13,15H,1-3H3,(H2,35,40)(H,38,44)/b21-14-,23-22-/t15-/m1/s1. The van der Waals surface area contributed by atoms with Crippen LogP contribution in [0.5, 0.6) is 0 Å². The van der Waals surface area contributed by atoms with Crippen molar-refractivity contribution in [3.05, 3.63) is 104 Å². The third kappa shape index (κ3) is 5.94. The van der Waals surface area contributed by atoms with E-state index in [-0.39, 0.29) is 55.7 Å². The second kappa shape index (κ2) is 12.4. The first kappa shape index (κ1) is 31.1. The maximum atomic E-state index is 14.3. The SMILES string of the molecule is [B]/C(C)=C([B])/C([B])=C(/[B])C(=[B])n1c([C@@H](C)NC(=O)c2c(N)nn3cccnc23)nc2cccc(C#Cc3cnn(C)c3)c2c1=O. The zero-order valence-corrected chi connectivity index (χ0v) is 24.6. The summed E-state index contributed by atoms with van der Waals surface area (Å²) in [6.45, 7) is 3.14. The second-order valence-electron chi connectivity index (χ2n) is 10.1. The zero-order valence-electron chi connectivity index (χ0n) is 24.6. The van der Waals surface area contributed by atoms with Crippen LogP contribution in [0.2, 0.25) is 0 Å². The van der Waals surface area contributed by atoms with Crippen molar-refractivity contribution < 1.29 is 4.79 Å². The van der Waals surface area contributed by atoms with Gasteiger partial charge in [0, 0.05) is 0 Å². The Morgan fingerprint density at radius 2 is 1.84 bits per heavy atom. The molecule has 0 aliphatic heterocycles. The zero-order chi connectivity index (χ0) is 32.6. The molecule has 9 radical (unpaired) electrons. The van der Waals surface area contributed by atoms with Gasteiger partial charge in [0.05, 0.1) is 0 Å². The number of nitrogens with zero attached hydrogens (tertiary/aromatic N) is 7. The van der Waals surface area contributed by atoms with Crippen LogP contribution >= 0.6 is 0 Å². The summed E-state index contributed by atoms with van der Waals surface area (Å²) in [5.74, 6) is 5.39. The average molecular weight is 582 g/mol. The number of nitrogens with two attached hydrogens (primary N) is 1. The van der Waals surface area contributed by atoms with E-state index < -0.39 is 17.5 Å². The molecule has 5 aromatic rings. The van der Waals surface area contributed by atoms with Gasteiger partial charge in [-0.3, -0.25) is 0 Å². The second-order valence-corrected chi connectivity index (χ2v) is 10.1. The predicted molar refractivity (Wildman–Crippen MR) is 177 cm³/mol. The molecule has 0 saturated heterocycles. The van der Waals surface area contributed by atoms with E-state index in [0.717, 1.165) is 4.57 Å². The number of fused-ring (bicyclic) bond motifs is 2. The Hall–Kier alpha value is -5.31. The molecule has 1 atom stereocenters. The Morgan fingerprint density at radius 1 is 1.09 bits per heavy atom. The Morgan fingerprint density at radius 3 is 2.53 bits per heavy atom. The van der Waals surface area contributed by atoms with Crippen molar-refractivity contribution in [2.24, 2.45) is 7.05 Å². The summed E-state index contributed by atoms with van der Waals surface area (Å²) in [7, 11) is 32.6. The Bertz CT molecular complexity index is 2220. The average Bonchev–Trinajstić information content (AvgIpc) is 3.59. The Kier molecular flexibility index (Phi) is 8.55. The van der Waals surface area contributed by atoms with E-state index in [1.54, 1.807) is 61.5 Å². The van der Waals surface area contributed by atoms with E-state index in [0.29, 0.717) is 16.6 Å². The van der Waals surface area contributed by atoms with Crippen LogP contribution < -0.4 is 16.6 Å². The van der Waals surface area contributed by atoms with E-state index in [9.17, 15) is 9.59 Å². The van der Waals surface area contributed by atoms with Gasteiger partial charge in [0.1, 0.15) is 0 Å². The van der Waals surface area contributed by atoms with Crippen LogP contribution in [0.25, 0.3) is 16.6 Å². The monoisotopic (exact) mass is 582 g/mol. The number of amides is 1. The summed E-state index contributed by atoms with van der Waals surface area (Å²) in [5, 5.41) is 11.2. The molecule has 4 aromatic heterocycles. The number of carbonyl (C=O) groups is 1. The molecule has 0 saturated carbocycles. The van der Waals surface area contributed by atoms with E-state index >= 15 is 0 Å². The van der Waals surface area contributed by atoms with Gasteiger partial charge >= 0.3 is 265 Å². The van der Waals surface area contributed by atoms with Crippen molar-refractivity contribution in [1.29, 1.82) is 0 Å². The summed E-state index contributed by atoms with van der Waals surface area (Å²) >= 11 is 0. The number of anilines is 1. The van der Waals surface area contributed by atoms with Crippen molar-refractivity contribution in [3.8, 4) is 11.8 Å². The first-order chi connectivity index (χ1) is 21.4. The van der Waals surface area contributed by atoms with Crippen molar-refractivity contribution in [2.45, 2.75) is 19.9 Å². The fourth-order valence-corrected chi connectivity index (χ4v) is 4.57. The van der Waals surface area contributed by atoms with Gasteiger partial charge in [-0.15, -0.1) is 0 Å². The molecule has 0 aliphatic rings. The normalized spacial score (nSPS) is 13.0. The minimum absolute atomic E-state index is 0.0146. The molecule has 11 nitrogen and oxygen atoms in total. The molecule has 4 heterocycles. The molecule has 0 spiro atoms. The van der Waals surface area contributed by atoms with Gasteiger partial charge in [0.25, 0.3) is 0 Å². The first-order valence-electron chi connectivity index (χ1n) is 13.5. The number of allylic oxidation sites excluding steroid dienone is 4. The van der Waals surface area contributed by atoms with Gasteiger partial charge in [-0.1, -0.05) is 0 Å². The number of aromatic nitrogens is 7. The molecule has 0 aliphatic carbocycles. The van der Waals surface area contributed by atoms with Crippen LogP contribution in [0.1, 0.15) is 47.2 Å². The summed E-state index contributed by atoms with van der Waals surface area (Å²) in [6, 6.07) is 5.73. The molecule has 1 amide bonds. The van der Waals surface area contributed by atoms with Gasteiger partial charge in [0.2, 0.25) is 0 Å². The molecular formula is C29H21B5N9O2. The fourth-order valence-electron chi connectivity index (χ4n) is 4.57. The molecule has 0 fully saturated rings. The molecule has 1 aromatic carbocycles. The molecule has 0 bridgehead atoms. The summed E-state index contributed by atoms with van der Waals surface area (Å²) < 4.78 is 4.05. The van der Waals surface area contributed by atoms with Crippen molar-refractivity contribution in [1.82, 2.24) is 39.2 Å². The van der Waals surface area contributed by atoms with E-state index in [1.165, 1.54) is 17.6 Å². The predicted octanol–water partition coefficient (Wildman–Crippen LogP) is -0.0907. The number of nitrogens with one attached hydrogen (secondary N) is 1. The van der Waals surface area contributed by atoms with E-state index in [4.69, 9.17) is 49.6 Å². The van der Waals surface area contributed by atoms with Crippen LogP contribution in [-0.4, -0.2) is 84.3 Å². The third-order valence-electron chi connectivity index (χ3n) is 6.88. The fraction of sp³-hybridized carbons (Fsp3) is 0.138. The number of nitrogen functional groups attached to an aromatic ring is 1. The number of carbonyl (C=O) groups excluding carboxylic acids is 1. The molecule has 3 N–H and O–H groups in total. The first-order valence-corrected chi connectivity index (χ1v) is 13.5. The maximum absolute atomic E-state index is 14.3. The quantitative estimate of drug-likeness (QED) is 0.162. The van der Waals surface area contributed by atoms with E-state index in [2.05, 4.69) is 32.3 Å². The van der Waals surface area contributed by atoms with Crippen LogP contribution in [-0.2, 0) is 7.05 Å². The molecule has 209 valence electrons. The van der Waals surface area contributed by atoms with Gasteiger partial charge in [-0.2, -0.15) is 0 Å². The van der Waals surface area contributed by atoms with Crippen molar-refractivity contribution in [2.75, 3.05) is 5.73 Å². The van der Waals surface area contributed by atoms with Crippen LogP contribution in [0.3, 0.4) is 0 Å². The van der Waals surface area contributed by atoms with Crippen molar-refractivity contribution in [3.63, 3.8) is 0 Å². The Balaban J connectivity index is 1.69. The minimum atomic E-state index is -0.936. The topological polar surface area (TPSA) is 138 Å². The Labute approximate surface area is 264 Å². The van der Waals surface area contributed by atoms with Gasteiger partial charge < -0.3 is 0 Å². The molecule has 45 heavy (non-hydrogen) atoms. The summed E-state index contributed by atoms with van der Waals surface area (Å²) in [6.07, 6.45) is 6.45. The summed E-state index contributed by atoms with van der Waals surface area (Å²) in [4.78, 5) is 36.7. The molecular weight excluding hydrogens is 560 g/mol. The molecule has 0 unspecified atom stereocenters. The number of hydrogen-bond donors (Lipinski definition) is 2. The van der Waals surface area contributed by atoms with E-state index in [1.807, 2.05) is 0 Å². The molecule has 5 rings (SSSR count). The van der Waals surface area contributed by atoms with Crippen LogP contribution in [0.4, 0.5) is 5.82 Å². The van der Waals surface area contributed by atoms with Gasteiger partial charge in [0.15, 0.2) is 0 Å². The molecule has 16 heteroatoms. The number of aryl methyl sites for hydroxylation is 1. The third-order valence-corrected chi connectivity index (χ3v) is 6.88. The number of hydrogen-bond acceptors (Lipinski definition) is 7. The van der Waals surface area contributed by atoms with Crippen molar-refractivity contribution >= 4 is 72.7 Å². The van der Waals surface area contributed by atoms with Crippen LogP contribution in [0.15, 0.2) is 75.7 Å².